The fourth-order valence-electron chi connectivity index (χ4n) is 0.604. The Morgan fingerprint density at radius 3 is 2.31 bits per heavy atom. The summed E-state index contributed by atoms with van der Waals surface area (Å²) in [7, 11) is 0. The Morgan fingerprint density at radius 1 is 1.46 bits per heavy atom. The summed E-state index contributed by atoms with van der Waals surface area (Å²) in [6.07, 6.45) is -3.64. The van der Waals surface area contributed by atoms with E-state index < -0.39 is 11.7 Å². The van der Waals surface area contributed by atoms with Crippen LogP contribution in [0.4, 0.5) is 13.2 Å². The molecule has 0 aromatic carbocycles. The molecule has 0 aliphatic carbocycles. The fourth-order valence-corrected chi connectivity index (χ4v) is 0.830. The largest absolute Gasteiger partial charge is 0.413 e. The monoisotopic (exact) mass is 233 g/mol. The molecule has 0 aromatic heterocycles. The average Bonchev–Trinajstić information content (AvgIpc) is 1.95. The molecule has 13 heavy (non-hydrogen) atoms. The van der Waals surface area contributed by atoms with Gasteiger partial charge in [-0.1, -0.05) is 18.2 Å². The van der Waals surface area contributed by atoms with Crippen molar-refractivity contribution >= 4 is 23.2 Å². The summed E-state index contributed by atoms with van der Waals surface area (Å²) in [5.74, 6) is 0. The molecule has 76 valence electrons. The second-order valence-corrected chi connectivity index (χ2v) is 2.93. The Labute approximate surface area is 84.2 Å². The van der Waals surface area contributed by atoms with Crippen molar-refractivity contribution in [1.82, 2.24) is 5.32 Å². The Hall–Kier alpha value is -0.190. The number of hydrogen-bond donors (Lipinski definition) is 1. The van der Waals surface area contributed by atoms with Gasteiger partial charge >= 0.3 is 6.18 Å². The first kappa shape index (κ1) is 12.8. The molecule has 0 atom stereocenters. The minimum absolute atomic E-state index is 0.0534. The van der Waals surface area contributed by atoms with E-state index in [1.807, 2.05) is 0 Å². The lowest BCUT2D eigenvalue weighted by Crippen LogP contribution is -2.24. The van der Waals surface area contributed by atoms with Gasteiger partial charge in [0.15, 0.2) is 0 Å². The van der Waals surface area contributed by atoms with Gasteiger partial charge < -0.3 is 0 Å². The number of halogens is 5. The quantitative estimate of drug-likeness (QED) is 0.448. The van der Waals surface area contributed by atoms with Crippen LogP contribution < -0.4 is 5.32 Å². The van der Waals surface area contributed by atoms with Gasteiger partial charge in [-0.3, -0.25) is 5.32 Å². The second kappa shape index (κ2) is 5.52. The van der Waals surface area contributed by atoms with Crippen molar-refractivity contribution in [3.8, 4) is 0 Å². The highest BCUT2D eigenvalue weighted by molar-refractivity contribution is 6.30. The lowest BCUT2D eigenvalue weighted by molar-refractivity contribution is -0.0928. The van der Waals surface area contributed by atoms with Gasteiger partial charge in [-0.15, -0.1) is 11.6 Å². The van der Waals surface area contributed by atoms with Gasteiger partial charge in [0.25, 0.3) is 0 Å². The van der Waals surface area contributed by atoms with Gasteiger partial charge in [0.05, 0.1) is 6.00 Å². The van der Waals surface area contributed by atoms with Crippen LogP contribution in [-0.2, 0) is 0 Å². The van der Waals surface area contributed by atoms with Gasteiger partial charge in [-0.25, -0.2) is 0 Å². The first-order valence-electron chi connectivity index (χ1n) is 3.26. The molecule has 0 saturated heterocycles. The van der Waals surface area contributed by atoms with Crippen molar-refractivity contribution in [2.75, 3.05) is 12.5 Å². The van der Waals surface area contributed by atoms with Crippen LogP contribution in [0.5, 0.6) is 0 Å². The average molecular weight is 234 g/mol. The Bertz CT molecular complexity index is 210. The molecule has 0 fully saturated rings. The number of alkyl halides is 4. The topological polar surface area (TPSA) is 12.0 Å². The Kier molecular flexibility index (Phi) is 5.44. The van der Waals surface area contributed by atoms with Crippen molar-refractivity contribution in [3.05, 3.63) is 23.3 Å². The third kappa shape index (κ3) is 5.96. The maximum absolute atomic E-state index is 12.2. The lowest BCUT2D eigenvalue weighted by Gasteiger charge is -2.11. The minimum atomic E-state index is -4.41. The highest BCUT2D eigenvalue weighted by Crippen LogP contribution is 2.26. The molecule has 0 bridgehead atoms. The molecule has 0 rings (SSSR count). The minimum Gasteiger partial charge on any atom is -0.300 e. The van der Waals surface area contributed by atoms with Crippen LogP contribution in [0.3, 0.4) is 0 Å². The summed E-state index contributed by atoms with van der Waals surface area (Å²) in [5, 5.41) is 2.17. The van der Waals surface area contributed by atoms with E-state index in [1.54, 1.807) is 0 Å². The summed E-state index contributed by atoms with van der Waals surface area (Å²) < 4.78 is 36.5. The van der Waals surface area contributed by atoms with Crippen LogP contribution in [0.2, 0.25) is 0 Å². The molecule has 0 aliphatic rings. The van der Waals surface area contributed by atoms with Crippen molar-refractivity contribution in [3.63, 3.8) is 0 Å². The predicted molar refractivity (Wildman–Crippen MR) is 47.9 cm³/mol. The lowest BCUT2D eigenvalue weighted by atomic mass is 10.2. The standard InChI is InChI=1S/C7H8Cl2F3N/c1-5(9)2-6(3-13-4-8)7(10,11)12/h2,13H,1,3-4H2/b6-2+. The van der Waals surface area contributed by atoms with Gasteiger partial charge in [-0.2, -0.15) is 13.2 Å². The molecule has 6 heteroatoms. The summed E-state index contributed by atoms with van der Waals surface area (Å²) in [6, 6.07) is -0.0534. The van der Waals surface area contributed by atoms with E-state index in [1.165, 1.54) is 0 Å². The highest BCUT2D eigenvalue weighted by Gasteiger charge is 2.32. The molecular formula is C7H8Cl2F3N. The molecule has 0 radical (unpaired) electrons. The smallest absolute Gasteiger partial charge is 0.300 e. The predicted octanol–water partition coefficient (Wildman–Crippen LogP) is 3.01. The highest BCUT2D eigenvalue weighted by atomic mass is 35.5. The van der Waals surface area contributed by atoms with E-state index in [2.05, 4.69) is 11.9 Å². The normalized spacial score (nSPS) is 13.2. The van der Waals surface area contributed by atoms with E-state index in [0.717, 1.165) is 6.08 Å². The molecule has 0 spiro atoms. The molecule has 0 aromatic rings. The van der Waals surface area contributed by atoms with Crippen LogP contribution in [0, 0.1) is 0 Å². The molecule has 0 aliphatic heterocycles. The number of rotatable bonds is 4. The first-order chi connectivity index (χ1) is 5.88. The van der Waals surface area contributed by atoms with Gasteiger partial charge in [0.2, 0.25) is 0 Å². The maximum atomic E-state index is 12.2. The molecule has 1 N–H and O–H groups in total. The van der Waals surface area contributed by atoms with E-state index in [4.69, 9.17) is 23.2 Å². The van der Waals surface area contributed by atoms with E-state index in [9.17, 15) is 13.2 Å². The zero-order chi connectivity index (χ0) is 10.5. The summed E-state index contributed by atoms with van der Waals surface area (Å²) in [6.45, 7) is 2.77. The number of hydrogen-bond acceptors (Lipinski definition) is 1. The third-order valence-electron chi connectivity index (χ3n) is 1.10. The number of nitrogens with one attached hydrogen (secondary N) is 1. The summed E-state index contributed by atoms with van der Waals surface area (Å²) in [5.41, 5.74) is -0.798. The van der Waals surface area contributed by atoms with Crippen LogP contribution in [0.15, 0.2) is 23.3 Å². The van der Waals surface area contributed by atoms with Gasteiger partial charge in [0.1, 0.15) is 0 Å². The zero-order valence-corrected chi connectivity index (χ0v) is 8.10. The zero-order valence-electron chi connectivity index (χ0n) is 6.59. The van der Waals surface area contributed by atoms with E-state index in [-0.39, 0.29) is 17.6 Å². The third-order valence-corrected chi connectivity index (χ3v) is 1.40. The van der Waals surface area contributed by atoms with Crippen molar-refractivity contribution in [1.29, 1.82) is 0 Å². The molecule has 1 nitrogen and oxygen atoms in total. The number of allylic oxidation sites excluding steroid dienone is 2. The molecular weight excluding hydrogens is 226 g/mol. The molecule has 0 heterocycles. The van der Waals surface area contributed by atoms with E-state index >= 15 is 0 Å². The molecule has 0 unspecified atom stereocenters. The van der Waals surface area contributed by atoms with Crippen LogP contribution >= 0.6 is 23.2 Å². The second-order valence-electron chi connectivity index (χ2n) is 2.17. The van der Waals surface area contributed by atoms with Crippen molar-refractivity contribution in [2.45, 2.75) is 6.18 Å². The van der Waals surface area contributed by atoms with Crippen LogP contribution in [0.1, 0.15) is 0 Å². The summed E-state index contributed by atoms with van der Waals surface area (Å²) >= 11 is 10.4. The maximum Gasteiger partial charge on any atom is 0.413 e. The van der Waals surface area contributed by atoms with E-state index in [0.29, 0.717) is 0 Å². The summed E-state index contributed by atoms with van der Waals surface area (Å²) in [4.78, 5) is 0. The van der Waals surface area contributed by atoms with Crippen LogP contribution in [0.25, 0.3) is 0 Å². The van der Waals surface area contributed by atoms with Crippen molar-refractivity contribution in [2.24, 2.45) is 0 Å². The van der Waals surface area contributed by atoms with Crippen LogP contribution in [-0.4, -0.2) is 18.7 Å². The molecule has 0 amide bonds. The Morgan fingerprint density at radius 2 is 2.00 bits per heavy atom. The SMILES string of the molecule is C=C(Cl)/C=C(\CNCCl)C(F)(F)F. The van der Waals surface area contributed by atoms with Gasteiger partial charge in [0, 0.05) is 17.2 Å². The fraction of sp³-hybridized carbons (Fsp3) is 0.429. The first-order valence-corrected chi connectivity index (χ1v) is 4.18. The van der Waals surface area contributed by atoms with Gasteiger partial charge in [-0.05, 0) is 6.08 Å². The molecule has 0 saturated carbocycles. The van der Waals surface area contributed by atoms with Crippen molar-refractivity contribution < 1.29 is 13.2 Å². The Balaban J connectivity index is 4.47.